The van der Waals surface area contributed by atoms with E-state index in [0.29, 0.717) is 18.0 Å². The predicted octanol–water partition coefficient (Wildman–Crippen LogP) is 2.54. The van der Waals surface area contributed by atoms with Crippen molar-refractivity contribution in [2.24, 2.45) is 5.41 Å². The van der Waals surface area contributed by atoms with Crippen molar-refractivity contribution in [3.05, 3.63) is 11.1 Å². The second-order valence-electron chi connectivity index (χ2n) is 5.10. The fourth-order valence-electron chi connectivity index (χ4n) is 1.18. The molecule has 0 aromatic carbocycles. The Hall–Kier alpha value is -1.43. The number of aromatic nitrogens is 1. The molecule has 0 aliphatic rings. The number of nitrogens with zero attached hydrogens (tertiary/aromatic N) is 1. The highest BCUT2D eigenvalue weighted by Gasteiger charge is 2.22. The van der Waals surface area contributed by atoms with Crippen LogP contribution in [0, 0.1) is 5.41 Å². The molecular weight excluding hydrogens is 252 g/mol. The topological polar surface area (TPSA) is 79.3 Å². The quantitative estimate of drug-likeness (QED) is 0.861. The van der Waals surface area contributed by atoms with Gasteiger partial charge in [-0.15, -0.1) is 11.3 Å². The molecule has 1 heterocycles. The van der Waals surface area contributed by atoms with Gasteiger partial charge in [-0.1, -0.05) is 20.8 Å². The van der Waals surface area contributed by atoms with Crippen molar-refractivity contribution in [2.45, 2.75) is 40.0 Å². The van der Waals surface area contributed by atoms with Crippen LogP contribution >= 0.6 is 11.3 Å². The Kier molecular flexibility index (Phi) is 4.84. The zero-order valence-corrected chi connectivity index (χ0v) is 11.6. The van der Waals surface area contributed by atoms with Gasteiger partial charge in [0, 0.05) is 17.2 Å². The molecule has 0 saturated heterocycles. The van der Waals surface area contributed by atoms with Gasteiger partial charge in [0.1, 0.15) is 0 Å². The van der Waals surface area contributed by atoms with E-state index in [1.165, 1.54) is 11.3 Å². The largest absolute Gasteiger partial charge is 0.481 e. The molecule has 1 aromatic rings. The Morgan fingerprint density at radius 1 is 1.44 bits per heavy atom. The van der Waals surface area contributed by atoms with Crippen LogP contribution in [0.2, 0.25) is 0 Å². The summed E-state index contributed by atoms with van der Waals surface area (Å²) < 4.78 is 0. The van der Waals surface area contributed by atoms with Crippen LogP contribution in [0.4, 0.5) is 5.13 Å². The molecule has 0 atom stereocenters. The molecule has 100 valence electrons. The number of thiazole rings is 1. The number of rotatable bonds is 5. The highest BCUT2D eigenvalue weighted by atomic mass is 32.1. The van der Waals surface area contributed by atoms with Crippen LogP contribution in [0.3, 0.4) is 0 Å². The number of carbonyl (C=O) groups excluding carboxylic acids is 1. The van der Waals surface area contributed by atoms with Gasteiger partial charge < -0.3 is 10.4 Å². The monoisotopic (exact) mass is 270 g/mol. The summed E-state index contributed by atoms with van der Waals surface area (Å²) in [6.45, 7) is 5.51. The Bertz CT molecular complexity index is 435. The summed E-state index contributed by atoms with van der Waals surface area (Å²) in [6, 6.07) is 0. The number of hydrogen-bond acceptors (Lipinski definition) is 4. The first-order chi connectivity index (χ1) is 8.29. The van der Waals surface area contributed by atoms with Gasteiger partial charge in [-0.2, -0.15) is 0 Å². The number of aliphatic carboxylic acids is 1. The molecule has 2 N–H and O–H groups in total. The molecule has 0 aliphatic heterocycles. The third-order valence-electron chi connectivity index (χ3n) is 2.28. The maximum absolute atomic E-state index is 11.7. The molecule has 18 heavy (non-hydrogen) atoms. The predicted molar refractivity (Wildman–Crippen MR) is 70.8 cm³/mol. The summed E-state index contributed by atoms with van der Waals surface area (Å²) in [4.78, 5) is 26.4. The summed E-state index contributed by atoms with van der Waals surface area (Å²) >= 11 is 1.36. The minimum absolute atomic E-state index is 0.0751. The normalized spacial score (nSPS) is 11.3. The lowest BCUT2D eigenvalue weighted by molar-refractivity contribution is -0.137. The molecule has 0 aliphatic carbocycles. The zero-order chi connectivity index (χ0) is 13.8. The highest BCUT2D eigenvalue weighted by molar-refractivity contribution is 7.13. The number of nitrogens with one attached hydrogen (secondary N) is 1. The average molecular weight is 270 g/mol. The average Bonchev–Trinajstić information content (AvgIpc) is 2.63. The maximum atomic E-state index is 11.7. The Morgan fingerprint density at radius 2 is 2.11 bits per heavy atom. The van der Waals surface area contributed by atoms with Gasteiger partial charge in [-0.25, -0.2) is 4.98 Å². The Labute approximate surface area is 110 Å². The summed E-state index contributed by atoms with van der Waals surface area (Å²) in [5, 5.41) is 13.7. The van der Waals surface area contributed by atoms with Crippen molar-refractivity contribution in [1.82, 2.24) is 4.98 Å². The van der Waals surface area contributed by atoms with Gasteiger partial charge in [0.15, 0.2) is 5.13 Å². The van der Waals surface area contributed by atoms with Gasteiger partial charge in [0.05, 0.1) is 5.69 Å². The number of carboxylic acid groups (broad SMARTS) is 1. The second-order valence-corrected chi connectivity index (χ2v) is 5.95. The van der Waals surface area contributed by atoms with Crippen LogP contribution in [0.15, 0.2) is 5.38 Å². The molecule has 0 saturated carbocycles. The van der Waals surface area contributed by atoms with Crippen molar-refractivity contribution < 1.29 is 14.7 Å². The first-order valence-corrected chi connectivity index (χ1v) is 6.64. The Balaban J connectivity index is 2.48. The van der Waals surface area contributed by atoms with E-state index in [1.807, 2.05) is 26.2 Å². The van der Waals surface area contributed by atoms with E-state index < -0.39 is 11.4 Å². The third-order valence-corrected chi connectivity index (χ3v) is 3.08. The number of hydrogen-bond donors (Lipinski definition) is 2. The molecule has 0 bridgehead atoms. The van der Waals surface area contributed by atoms with E-state index >= 15 is 0 Å². The fourth-order valence-corrected chi connectivity index (χ4v) is 1.92. The molecule has 0 spiro atoms. The molecular formula is C12H18N2O3S. The fraction of sp³-hybridized carbons (Fsp3) is 0.583. The molecule has 0 radical (unpaired) electrons. The van der Waals surface area contributed by atoms with Crippen LogP contribution in [0.5, 0.6) is 0 Å². The molecule has 5 nitrogen and oxygen atoms in total. The number of carboxylic acids is 1. The SMILES string of the molecule is CC(C)(C)C(=O)Nc1nc(CCCC(=O)O)cs1. The van der Waals surface area contributed by atoms with Crippen molar-refractivity contribution in [3.8, 4) is 0 Å². The molecule has 0 fully saturated rings. The van der Waals surface area contributed by atoms with Gasteiger partial charge in [-0.05, 0) is 12.8 Å². The molecule has 1 rings (SSSR count). The van der Waals surface area contributed by atoms with Crippen LogP contribution in [0.1, 0.15) is 39.3 Å². The smallest absolute Gasteiger partial charge is 0.303 e. The Morgan fingerprint density at radius 3 is 2.67 bits per heavy atom. The van der Waals surface area contributed by atoms with E-state index in [0.717, 1.165) is 5.69 Å². The van der Waals surface area contributed by atoms with Crippen LogP contribution in [0.25, 0.3) is 0 Å². The lowest BCUT2D eigenvalue weighted by Gasteiger charge is -2.15. The highest BCUT2D eigenvalue weighted by Crippen LogP contribution is 2.21. The van der Waals surface area contributed by atoms with E-state index in [2.05, 4.69) is 10.3 Å². The number of aryl methyl sites for hydroxylation is 1. The van der Waals surface area contributed by atoms with E-state index in [1.54, 1.807) is 0 Å². The standard InChI is InChI=1S/C12H18N2O3S/c1-12(2,3)10(17)14-11-13-8(7-18-11)5-4-6-9(15)16/h7H,4-6H2,1-3H3,(H,15,16)(H,13,14,17). The summed E-state index contributed by atoms with van der Waals surface area (Å²) in [7, 11) is 0. The first kappa shape index (κ1) is 14.6. The number of anilines is 1. The van der Waals surface area contributed by atoms with Gasteiger partial charge in [0.2, 0.25) is 5.91 Å². The maximum Gasteiger partial charge on any atom is 0.303 e. The minimum Gasteiger partial charge on any atom is -0.481 e. The van der Waals surface area contributed by atoms with Crippen LogP contribution in [-0.4, -0.2) is 22.0 Å². The van der Waals surface area contributed by atoms with Crippen LogP contribution in [-0.2, 0) is 16.0 Å². The van der Waals surface area contributed by atoms with Gasteiger partial charge in [-0.3, -0.25) is 9.59 Å². The lowest BCUT2D eigenvalue weighted by atomic mass is 9.96. The van der Waals surface area contributed by atoms with Crippen molar-refractivity contribution in [2.75, 3.05) is 5.32 Å². The number of carbonyl (C=O) groups is 2. The van der Waals surface area contributed by atoms with E-state index in [4.69, 9.17) is 5.11 Å². The van der Waals surface area contributed by atoms with E-state index in [9.17, 15) is 9.59 Å². The lowest BCUT2D eigenvalue weighted by Crippen LogP contribution is -2.27. The van der Waals surface area contributed by atoms with Crippen LogP contribution < -0.4 is 5.32 Å². The van der Waals surface area contributed by atoms with Crippen molar-refractivity contribution in [1.29, 1.82) is 0 Å². The summed E-state index contributed by atoms with van der Waals surface area (Å²) in [5.41, 5.74) is 0.375. The van der Waals surface area contributed by atoms with Gasteiger partial charge >= 0.3 is 5.97 Å². The first-order valence-electron chi connectivity index (χ1n) is 5.76. The molecule has 6 heteroatoms. The number of amides is 1. The zero-order valence-electron chi connectivity index (χ0n) is 10.8. The summed E-state index contributed by atoms with van der Waals surface area (Å²) in [5.74, 6) is -0.875. The second kappa shape index (κ2) is 5.95. The molecule has 1 amide bonds. The minimum atomic E-state index is -0.800. The molecule has 0 unspecified atom stereocenters. The van der Waals surface area contributed by atoms with Crippen molar-refractivity contribution >= 4 is 28.3 Å². The van der Waals surface area contributed by atoms with Crippen molar-refractivity contribution in [3.63, 3.8) is 0 Å². The third kappa shape index (κ3) is 4.83. The van der Waals surface area contributed by atoms with Gasteiger partial charge in [0.25, 0.3) is 0 Å². The van der Waals surface area contributed by atoms with E-state index in [-0.39, 0.29) is 12.3 Å². The summed E-state index contributed by atoms with van der Waals surface area (Å²) in [6.07, 6.45) is 1.32. The molecule has 1 aromatic heterocycles.